The minimum atomic E-state index is -0.610. The van der Waals surface area contributed by atoms with Crippen molar-refractivity contribution in [2.75, 3.05) is 6.54 Å². The van der Waals surface area contributed by atoms with Crippen molar-refractivity contribution in [3.05, 3.63) is 35.9 Å². The molecule has 0 aromatic heterocycles. The van der Waals surface area contributed by atoms with Gasteiger partial charge in [0, 0.05) is 6.54 Å². The highest BCUT2D eigenvalue weighted by molar-refractivity contribution is 5.84. The van der Waals surface area contributed by atoms with E-state index in [1.807, 2.05) is 30.3 Å². The van der Waals surface area contributed by atoms with Crippen LogP contribution >= 0.6 is 0 Å². The van der Waals surface area contributed by atoms with Crippen molar-refractivity contribution in [1.29, 1.82) is 0 Å². The SMILES string of the molecule is CCCCCCCCCCCCCCNC(=O)C(NC=O)c1ccccc1. The van der Waals surface area contributed by atoms with Crippen LogP contribution < -0.4 is 10.6 Å². The van der Waals surface area contributed by atoms with Crippen LogP contribution in [0.25, 0.3) is 0 Å². The Labute approximate surface area is 165 Å². The summed E-state index contributed by atoms with van der Waals surface area (Å²) in [5.74, 6) is -0.142. The number of amides is 2. The molecule has 0 aliphatic heterocycles. The van der Waals surface area contributed by atoms with E-state index < -0.39 is 6.04 Å². The van der Waals surface area contributed by atoms with Gasteiger partial charge in [0.25, 0.3) is 0 Å². The van der Waals surface area contributed by atoms with Crippen LogP contribution in [-0.2, 0) is 9.59 Å². The molecule has 152 valence electrons. The third-order valence-electron chi connectivity index (χ3n) is 4.96. The second-order valence-corrected chi connectivity index (χ2v) is 7.31. The normalized spacial score (nSPS) is 11.7. The Bertz CT molecular complexity index is 490. The number of benzene rings is 1. The highest BCUT2D eigenvalue weighted by atomic mass is 16.2. The van der Waals surface area contributed by atoms with Crippen LogP contribution in [0, 0.1) is 0 Å². The summed E-state index contributed by atoms with van der Waals surface area (Å²) in [5, 5.41) is 5.54. The number of hydrogen-bond acceptors (Lipinski definition) is 2. The van der Waals surface area contributed by atoms with Crippen molar-refractivity contribution in [2.24, 2.45) is 0 Å². The number of rotatable bonds is 17. The second kappa shape index (κ2) is 16.3. The Morgan fingerprint density at radius 1 is 0.852 bits per heavy atom. The highest BCUT2D eigenvalue weighted by Crippen LogP contribution is 2.13. The van der Waals surface area contributed by atoms with Crippen molar-refractivity contribution in [3.8, 4) is 0 Å². The third-order valence-corrected chi connectivity index (χ3v) is 4.96. The largest absolute Gasteiger partial charge is 0.354 e. The summed E-state index contributed by atoms with van der Waals surface area (Å²) >= 11 is 0. The van der Waals surface area contributed by atoms with E-state index in [1.165, 1.54) is 64.2 Å². The lowest BCUT2D eigenvalue weighted by atomic mass is 10.0. The molecule has 2 N–H and O–H groups in total. The number of hydrogen-bond donors (Lipinski definition) is 2. The molecule has 0 radical (unpaired) electrons. The first-order chi connectivity index (χ1) is 13.3. The van der Waals surface area contributed by atoms with Gasteiger partial charge in [-0.05, 0) is 12.0 Å². The van der Waals surface area contributed by atoms with E-state index in [-0.39, 0.29) is 5.91 Å². The van der Waals surface area contributed by atoms with Gasteiger partial charge in [-0.25, -0.2) is 0 Å². The van der Waals surface area contributed by atoms with E-state index in [0.29, 0.717) is 13.0 Å². The smallest absolute Gasteiger partial charge is 0.247 e. The fourth-order valence-corrected chi connectivity index (χ4v) is 3.32. The summed E-state index contributed by atoms with van der Waals surface area (Å²) in [6.07, 6.45) is 16.2. The molecule has 0 spiro atoms. The average molecular weight is 375 g/mol. The average Bonchev–Trinajstić information content (AvgIpc) is 2.70. The van der Waals surface area contributed by atoms with Gasteiger partial charge in [-0.3, -0.25) is 9.59 Å². The summed E-state index contributed by atoms with van der Waals surface area (Å²) in [5.41, 5.74) is 0.803. The quantitative estimate of drug-likeness (QED) is 0.287. The molecule has 2 amide bonds. The number of nitrogens with one attached hydrogen (secondary N) is 2. The predicted molar refractivity (Wildman–Crippen MR) is 112 cm³/mol. The van der Waals surface area contributed by atoms with Crippen LogP contribution in [0.1, 0.15) is 95.6 Å². The summed E-state index contributed by atoms with van der Waals surface area (Å²) in [6, 6.07) is 8.72. The first-order valence-corrected chi connectivity index (χ1v) is 10.8. The molecular weight excluding hydrogens is 336 g/mol. The van der Waals surface area contributed by atoms with Gasteiger partial charge in [0.1, 0.15) is 6.04 Å². The Kier molecular flexibility index (Phi) is 14.0. The van der Waals surface area contributed by atoms with Gasteiger partial charge in [-0.2, -0.15) is 0 Å². The zero-order valence-electron chi connectivity index (χ0n) is 17.1. The monoisotopic (exact) mass is 374 g/mol. The van der Waals surface area contributed by atoms with Crippen LogP contribution in [0.4, 0.5) is 0 Å². The van der Waals surface area contributed by atoms with Gasteiger partial charge in [-0.1, -0.05) is 108 Å². The topological polar surface area (TPSA) is 58.2 Å². The molecule has 1 aromatic rings. The van der Waals surface area contributed by atoms with Crippen molar-refractivity contribution in [2.45, 2.75) is 90.0 Å². The van der Waals surface area contributed by atoms with Gasteiger partial charge >= 0.3 is 0 Å². The van der Waals surface area contributed by atoms with Crippen LogP contribution in [0.5, 0.6) is 0 Å². The van der Waals surface area contributed by atoms with Gasteiger partial charge in [0.2, 0.25) is 12.3 Å². The molecule has 0 saturated carbocycles. The third kappa shape index (κ3) is 11.5. The lowest BCUT2D eigenvalue weighted by Gasteiger charge is -2.16. The van der Waals surface area contributed by atoms with Gasteiger partial charge in [-0.15, -0.1) is 0 Å². The molecule has 4 nitrogen and oxygen atoms in total. The Balaban J connectivity index is 2.02. The summed E-state index contributed by atoms with van der Waals surface area (Å²) < 4.78 is 0. The zero-order chi connectivity index (χ0) is 19.6. The van der Waals surface area contributed by atoms with Crippen molar-refractivity contribution < 1.29 is 9.59 Å². The maximum Gasteiger partial charge on any atom is 0.247 e. The van der Waals surface area contributed by atoms with Crippen molar-refractivity contribution >= 4 is 12.3 Å². The first kappa shape index (κ1) is 23.2. The molecule has 4 heteroatoms. The molecule has 0 bridgehead atoms. The highest BCUT2D eigenvalue weighted by Gasteiger charge is 2.18. The molecule has 1 aromatic carbocycles. The minimum Gasteiger partial charge on any atom is -0.354 e. The van der Waals surface area contributed by atoms with Crippen LogP contribution in [-0.4, -0.2) is 18.9 Å². The second-order valence-electron chi connectivity index (χ2n) is 7.31. The fourth-order valence-electron chi connectivity index (χ4n) is 3.32. The maximum atomic E-state index is 12.3. The summed E-state index contributed by atoms with van der Waals surface area (Å²) in [7, 11) is 0. The van der Waals surface area contributed by atoms with E-state index in [2.05, 4.69) is 17.6 Å². The predicted octanol–water partition coefficient (Wildman–Crippen LogP) is 5.29. The van der Waals surface area contributed by atoms with Gasteiger partial charge < -0.3 is 10.6 Å². The molecule has 1 unspecified atom stereocenters. The number of carbonyl (C=O) groups is 2. The lowest BCUT2D eigenvalue weighted by molar-refractivity contribution is -0.125. The Hall–Kier alpha value is -1.84. The number of unbranched alkanes of at least 4 members (excludes halogenated alkanes) is 11. The van der Waals surface area contributed by atoms with E-state index in [4.69, 9.17) is 0 Å². The standard InChI is InChI=1S/C23H38N2O2/c1-2-3-4-5-6-7-8-9-10-11-12-16-19-24-23(27)22(25-20-26)21-17-14-13-15-18-21/h13-15,17-18,20,22H,2-12,16,19H2,1H3,(H,24,27)(H,25,26). The summed E-state index contributed by atoms with van der Waals surface area (Å²) in [6.45, 7) is 2.93. The van der Waals surface area contributed by atoms with Gasteiger partial charge in [0.15, 0.2) is 0 Å². The van der Waals surface area contributed by atoms with Gasteiger partial charge in [0.05, 0.1) is 0 Å². The molecule has 0 heterocycles. The number of carbonyl (C=O) groups excluding carboxylic acids is 2. The minimum absolute atomic E-state index is 0.142. The molecule has 27 heavy (non-hydrogen) atoms. The molecular formula is C23H38N2O2. The first-order valence-electron chi connectivity index (χ1n) is 10.8. The van der Waals surface area contributed by atoms with E-state index >= 15 is 0 Å². The fraction of sp³-hybridized carbons (Fsp3) is 0.652. The Morgan fingerprint density at radius 3 is 1.89 bits per heavy atom. The van der Waals surface area contributed by atoms with Crippen molar-refractivity contribution in [3.63, 3.8) is 0 Å². The molecule has 1 rings (SSSR count). The lowest BCUT2D eigenvalue weighted by Crippen LogP contribution is -2.37. The van der Waals surface area contributed by atoms with Crippen molar-refractivity contribution in [1.82, 2.24) is 10.6 Å². The summed E-state index contributed by atoms with van der Waals surface area (Å²) in [4.78, 5) is 23.1. The van der Waals surface area contributed by atoms with E-state index in [1.54, 1.807) is 0 Å². The molecule has 1 atom stereocenters. The molecule has 0 saturated heterocycles. The molecule has 0 fully saturated rings. The zero-order valence-corrected chi connectivity index (χ0v) is 17.1. The van der Waals surface area contributed by atoms with Crippen LogP contribution in [0.3, 0.4) is 0 Å². The van der Waals surface area contributed by atoms with E-state index in [0.717, 1.165) is 18.4 Å². The Morgan fingerprint density at radius 2 is 1.37 bits per heavy atom. The molecule has 0 aliphatic rings. The van der Waals surface area contributed by atoms with E-state index in [9.17, 15) is 9.59 Å². The van der Waals surface area contributed by atoms with Crippen LogP contribution in [0.2, 0.25) is 0 Å². The molecule has 0 aliphatic carbocycles. The maximum absolute atomic E-state index is 12.3. The van der Waals surface area contributed by atoms with Crippen LogP contribution in [0.15, 0.2) is 30.3 Å².